The zero-order valence-corrected chi connectivity index (χ0v) is 13.4. The van der Waals surface area contributed by atoms with Gasteiger partial charge in [-0.15, -0.1) is 0 Å². The van der Waals surface area contributed by atoms with Crippen LogP contribution in [-0.2, 0) is 0 Å². The number of aromatic nitrogens is 2. The van der Waals surface area contributed by atoms with Gasteiger partial charge in [-0.2, -0.15) is 4.98 Å². The van der Waals surface area contributed by atoms with Crippen LogP contribution < -0.4 is 5.73 Å². The molecule has 0 unspecified atom stereocenters. The van der Waals surface area contributed by atoms with Crippen LogP contribution in [0.25, 0.3) is 22.8 Å². The molecule has 3 rings (SSSR count). The molecule has 0 spiro atoms. The predicted octanol–water partition coefficient (Wildman–Crippen LogP) is 4.71. The molecule has 0 saturated carbocycles. The number of aryl methyl sites for hydroxylation is 1. The lowest BCUT2D eigenvalue weighted by molar-refractivity contribution is 0.432. The van der Waals surface area contributed by atoms with E-state index in [0.717, 1.165) is 26.9 Å². The first kappa shape index (κ1) is 14.1. The molecule has 0 aliphatic heterocycles. The number of nitrogens with two attached hydrogens (primary N) is 1. The summed E-state index contributed by atoms with van der Waals surface area (Å²) >= 11 is 9.36. The standard InChI is InChI=1S/C15H11BrClN3O/c1-8-6-10(3-5-13(8)18)15-19-14(20-21-15)9-2-4-12(17)11(16)7-9/h2-7H,18H2,1H3. The van der Waals surface area contributed by atoms with Gasteiger partial charge >= 0.3 is 0 Å². The fourth-order valence-corrected chi connectivity index (χ4v) is 2.40. The topological polar surface area (TPSA) is 64.9 Å². The number of halogens is 2. The summed E-state index contributed by atoms with van der Waals surface area (Å²) in [6.07, 6.45) is 0. The van der Waals surface area contributed by atoms with Crippen molar-refractivity contribution in [2.75, 3.05) is 5.73 Å². The maximum absolute atomic E-state index is 5.98. The summed E-state index contributed by atoms with van der Waals surface area (Å²) in [5.74, 6) is 0.969. The summed E-state index contributed by atoms with van der Waals surface area (Å²) in [5, 5.41) is 4.64. The third-order valence-corrected chi connectivity index (χ3v) is 4.33. The Labute approximate surface area is 135 Å². The maximum Gasteiger partial charge on any atom is 0.258 e. The molecule has 106 valence electrons. The highest BCUT2D eigenvalue weighted by Crippen LogP contribution is 2.29. The highest BCUT2D eigenvalue weighted by atomic mass is 79.9. The summed E-state index contributed by atoms with van der Waals surface area (Å²) in [6.45, 7) is 1.94. The second-order valence-corrected chi connectivity index (χ2v) is 5.88. The second kappa shape index (κ2) is 5.50. The van der Waals surface area contributed by atoms with Crippen LogP contribution in [0.15, 0.2) is 45.4 Å². The lowest BCUT2D eigenvalue weighted by atomic mass is 10.1. The van der Waals surface area contributed by atoms with Crippen molar-refractivity contribution in [2.45, 2.75) is 6.92 Å². The molecular formula is C15H11BrClN3O. The van der Waals surface area contributed by atoms with Gasteiger partial charge in [0.1, 0.15) is 0 Å². The highest BCUT2D eigenvalue weighted by Gasteiger charge is 2.12. The molecule has 6 heteroatoms. The van der Waals surface area contributed by atoms with Crippen LogP contribution in [0.3, 0.4) is 0 Å². The molecule has 0 atom stereocenters. The monoisotopic (exact) mass is 363 g/mol. The summed E-state index contributed by atoms with van der Waals surface area (Å²) in [7, 11) is 0. The Morgan fingerprint density at radius 3 is 2.62 bits per heavy atom. The van der Waals surface area contributed by atoms with Gasteiger partial charge in [0.25, 0.3) is 5.89 Å². The van der Waals surface area contributed by atoms with Gasteiger partial charge in [0.15, 0.2) is 0 Å². The van der Waals surface area contributed by atoms with Crippen molar-refractivity contribution in [2.24, 2.45) is 0 Å². The SMILES string of the molecule is Cc1cc(-c2nc(-c3ccc(Cl)c(Br)c3)no2)ccc1N. The van der Waals surface area contributed by atoms with Gasteiger partial charge in [-0.3, -0.25) is 0 Å². The Kier molecular flexibility index (Phi) is 3.69. The number of benzene rings is 2. The minimum Gasteiger partial charge on any atom is -0.399 e. The molecule has 0 aliphatic carbocycles. The number of nitrogen functional groups attached to an aromatic ring is 1. The van der Waals surface area contributed by atoms with Gasteiger partial charge in [-0.05, 0) is 64.8 Å². The van der Waals surface area contributed by atoms with E-state index in [1.54, 1.807) is 6.07 Å². The van der Waals surface area contributed by atoms with E-state index in [-0.39, 0.29) is 0 Å². The van der Waals surface area contributed by atoms with Crippen molar-refractivity contribution in [3.05, 3.63) is 51.5 Å². The summed E-state index contributed by atoms with van der Waals surface area (Å²) in [5.41, 5.74) is 9.19. The minimum absolute atomic E-state index is 0.458. The van der Waals surface area contributed by atoms with Crippen LogP contribution in [0.2, 0.25) is 5.02 Å². The largest absolute Gasteiger partial charge is 0.399 e. The average Bonchev–Trinajstić information content (AvgIpc) is 2.94. The summed E-state index contributed by atoms with van der Waals surface area (Å²) < 4.78 is 6.11. The van der Waals surface area contributed by atoms with E-state index < -0.39 is 0 Å². The Morgan fingerprint density at radius 1 is 1.14 bits per heavy atom. The van der Waals surface area contributed by atoms with E-state index in [0.29, 0.717) is 16.7 Å². The molecule has 4 nitrogen and oxygen atoms in total. The first-order chi connectivity index (χ1) is 10.0. The Hall–Kier alpha value is -1.85. The van der Waals surface area contributed by atoms with Gasteiger partial charge in [0.05, 0.1) is 5.02 Å². The zero-order valence-electron chi connectivity index (χ0n) is 11.1. The van der Waals surface area contributed by atoms with Gasteiger partial charge in [0, 0.05) is 21.3 Å². The van der Waals surface area contributed by atoms with Crippen LogP contribution in [0, 0.1) is 6.92 Å². The summed E-state index contributed by atoms with van der Waals surface area (Å²) in [6, 6.07) is 11.1. The van der Waals surface area contributed by atoms with E-state index in [1.807, 2.05) is 37.3 Å². The summed E-state index contributed by atoms with van der Waals surface area (Å²) in [4.78, 5) is 4.41. The van der Waals surface area contributed by atoms with Crippen LogP contribution in [-0.4, -0.2) is 10.1 Å². The number of hydrogen-bond donors (Lipinski definition) is 1. The highest BCUT2D eigenvalue weighted by molar-refractivity contribution is 9.10. The van der Waals surface area contributed by atoms with Gasteiger partial charge in [-0.1, -0.05) is 16.8 Å². The van der Waals surface area contributed by atoms with Crippen molar-refractivity contribution in [3.8, 4) is 22.8 Å². The number of hydrogen-bond acceptors (Lipinski definition) is 4. The fourth-order valence-electron chi connectivity index (χ4n) is 1.90. The lowest BCUT2D eigenvalue weighted by Crippen LogP contribution is -1.89. The zero-order chi connectivity index (χ0) is 15.0. The molecule has 1 aromatic heterocycles. The van der Waals surface area contributed by atoms with Crippen LogP contribution in [0.4, 0.5) is 5.69 Å². The first-order valence-electron chi connectivity index (χ1n) is 6.20. The van der Waals surface area contributed by atoms with Gasteiger partial charge in [-0.25, -0.2) is 0 Å². The molecule has 0 amide bonds. The van der Waals surface area contributed by atoms with Gasteiger partial charge < -0.3 is 10.3 Å². The number of anilines is 1. The molecule has 21 heavy (non-hydrogen) atoms. The van der Waals surface area contributed by atoms with Crippen molar-refractivity contribution in [3.63, 3.8) is 0 Å². The van der Waals surface area contributed by atoms with Crippen LogP contribution >= 0.6 is 27.5 Å². The normalized spacial score (nSPS) is 10.8. The maximum atomic E-state index is 5.98. The minimum atomic E-state index is 0.458. The molecule has 2 aromatic carbocycles. The molecule has 0 radical (unpaired) electrons. The Balaban J connectivity index is 1.99. The molecule has 3 aromatic rings. The quantitative estimate of drug-likeness (QED) is 0.669. The van der Waals surface area contributed by atoms with E-state index in [4.69, 9.17) is 21.9 Å². The number of rotatable bonds is 2. The second-order valence-electron chi connectivity index (χ2n) is 4.62. The van der Waals surface area contributed by atoms with E-state index in [2.05, 4.69) is 26.1 Å². The molecule has 0 aliphatic rings. The first-order valence-corrected chi connectivity index (χ1v) is 7.37. The van der Waals surface area contributed by atoms with Crippen LogP contribution in [0.5, 0.6) is 0 Å². The van der Waals surface area contributed by atoms with E-state index in [9.17, 15) is 0 Å². The molecule has 1 heterocycles. The molecular weight excluding hydrogens is 354 g/mol. The van der Waals surface area contributed by atoms with Crippen molar-refractivity contribution in [1.82, 2.24) is 10.1 Å². The average molecular weight is 365 g/mol. The predicted molar refractivity (Wildman–Crippen MR) is 87.0 cm³/mol. The Morgan fingerprint density at radius 2 is 1.90 bits per heavy atom. The molecule has 0 bridgehead atoms. The van der Waals surface area contributed by atoms with Gasteiger partial charge in [0.2, 0.25) is 5.82 Å². The van der Waals surface area contributed by atoms with Crippen molar-refractivity contribution >= 4 is 33.2 Å². The third kappa shape index (κ3) is 2.80. The van der Waals surface area contributed by atoms with E-state index >= 15 is 0 Å². The van der Waals surface area contributed by atoms with Crippen molar-refractivity contribution < 1.29 is 4.52 Å². The molecule has 0 saturated heterocycles. The molecule has 2 N–H and O–H groups in total. The number of nitrogens with zero attached hydrogens (tertiary/aromatic N) is 2. The smallest absolute Gasteiger partial charge is 0.258 e. The fraction of sp³-hybridized carbons (Fsp3) is 0.0667. The Bertz CT molecular complexity index is 750. The third-order valence-electron chi connectivity index (χ3n) is 3.12. The molecule has 0 fully saturated rings. The van der Waals surface area contributed by atoms with Crippen LogP contribution in [0.1, 0.15) is 5.56 Å². The lowest BCUT2D eigenvalue weighted by Gasteiger charge is -2.00. The van der Waals surface area contributed by atoms with E-state index in [1.165, 1.54) is 0 Å². The van der Waals surface area contributed by atoms with Crippen molar-refractivity contribution in [1.29, 1.82) is 0 Å².